The number of hydrogen-bond acceptors (Lipinski definition) is 6. The summed E-state index contributed by atoms with van der Waals surface area (Å²) in [5, 5.41) is 4.92. The summed E-state index contributed by atoms with van der Waals surface area (Å²) in [6.45, 7) is 8.20. The van der Waals surface area contributed by atoms with Crippen molar-refractivity contribution in [2.24, 2.45) is 0 Å². The fourth-order valence-electron chi connectivity index (χ4n) is 4.23. The Morgan fingerprint density at radius 2 is 1.90 bits per heavy atom. The summed E-state index contributed by atoms with van der Waals surface area (Å²) in [7, 11) is 1.67. The minimum absolute atomic E-state index is 0.194. The first-order valence-corrected chi connectivity index (χ1v) is 10.8. The van der Waals surface area contributed by atoms with Crippen LogP contribution in [0.5, 0.6) is 5.75 Å². The van der Waals surface area contributed by atoms with Gasteiger partial charge in [0.05, 0.1) is 38.6 Å². The molecule has 1 aromatic carbocycles. The molecule has 2 aliphatic heterocycles. The second kappa shape index (κ2) is 8.95. The van der Waals surface area contributed by atoms with Crippen LogP contribution in [-0.4, -0.2) is 64.4 Å². The van der Waals surface area contributed by atoms with E-state index in [0.717, 1.165) is 61.0 Å². The van der Waals surface area contributed by atoms with Crippen LogP contribution in [0.15, 0.2) is 24.3 Å². The Kier molecular flexibility index (Phi) is 6.34. The van der Waals surface area contributed by atoms with Crippen LogP contribution in [-0.2, 0) is 22.7 Å². The third-order valence-corrected chi connectivity index (χ3v) is 5.94. The largest absolute Gasteiger partial charge is 0.497 e. The first kappa shape index (κ1) is 20.5. The minimum atomic E-state index is 0.194. The van der Waals surface area contributed by atoms with Gasteiger partial charge in [0.25, 0.3) is 0 Å². The van der Waals surface area contributed by atoms with Gasteiger partial charge in [-0.1, -0.05) is 0 Å². The van der Waals surface area contributed by atoms with Gasteiger partial charge in [-0.05, 0) is 63.2 Å². The van der Waals surface area contributed by atoms with Gasteiger partial charge in [-0.2, -0.15) is 5.10 Å². The number of methoxy groups -OCH3 is 1. The average Bonchev–Trinajstić information content (AvgIpc) is 3.31. The van der Waals surface area contributed by atoms with Crippen LogP contribution in [0.3, 0.4) is 0 Å². The maximum atomic E-state index is 5.88. The lowest BCUT2D eigenvalue weighted by Gasteiger charge is -2.34. The van der Waals surface area contributed by atoms with Gasteiger partial charge in [0.1, 0.15) is 5.75 Å². The zero-order valence-corrected chi connectivity index (χ0v) is 18.2. The summed E-state index contributed by atoms with van der Waals surface area (Å²) < 4.78 is 21.8. The van der Waals surface area contributed by atoms with Crippen LogP contribution < -0.4 is 4.74 Å². The van der Waals surface area contributed by atoms with Gasteiger partial charge in [-0.3, -0.25) is 9.47 Å². The molecule has 2 saturated heterocycles. The van der Waals surface area contributed by atoms with Crippen LogP contribution in [0.1, 0.15) is 26.7 Å². The molecule has 8 heteroatoms. The van der Waals surface area contributed by atoms with Crippen molar-refractivity contribution in [1.29, 1.82) is 0 Å². The Balaban J connectivity index is 1.64. The smallest absolute Gasteiger partial charge is 0.199 e. The van der Waals surface area contributed by atoms with Crippen molar-refractivity contribution in [3.63, 3.8) is 0 Å². The number of hydrogen-bond donors (Lipinski definition) is 0. The molecule has 1 aromatic heterocycles. The first-order valence-electron chi connectivity index (χ1n) is 10.3. The number of ether oxygens (including phenoxy) is 3. The lowest BCUT2D eigenvalue weighted by molar-refractivity contribution is -0.0777. The van der Waals surface area contributed by atoms with Crippen LogP contribution in [0.4, 0.5) is 0 Å². The molecule has 29 heavy (non-hydrogen) atoms. The summed E-state index contributed by atoms with van der Waals surface area (Å²) in [6, 6.07) is 7.98. The fourth-order valence-corrected chi connectivity index (χ4v) is 4.49. The first-order chi connectivity index (χ1) is 14.0. The van der Waals surface area contributed by atoms with Crippen LogP contribution in [0, 0.1) is 4.77 Å². The van der Waals surface area contributed by atoms with Gasteiger partial charge >= 0.3 is 0 Å². The number of nitrogens with zero attached hydrogens (tertiary/aromatic N) is 4. The van der Waals surface area contributed by atoms with Crippen molar-refractivity contribution >= 4 is 12.2 Å². The molecule has 3 heterocycles. The Morgan fingerprint density at radius 3 is 2.52 bits per heavy atom. The van der Waals surface area contributed by atoms with Crippen molar-refractivity contribution in [1.82, 2.24) is 19.2 Å². The van der Waals surface area contributed by atoms with E-state index in [1.165, 1.54) is 0 Å². The topological polar surface area (TPSA) is 53.7 Å². The Bertz CT molecular complexity index is 863. The molecule has 2 fully saturated rings. The Hall–Kier alpha value is -1.74. The van der Waals surface area contributed by atoms with Gasteiger partial charge in [0.15, 0.2) is 10.6 Å². The predicted octanol–water partition coefficient (Wildman–Crippen LogP) is 3.34. The van der Waals surface area contributed by atoms with Gasteiger partial charge < -0.3 is 14.2 Å². The molecule has 0 N–H and O–H groups in total. The van der Waals surface area contributed by atoms with Crippen molar-refractivity contribution in [3.8, 4) is 17.1 Å². The zero-order valence-electron chi connectivity index (χ0n) is 17.4. The van der Waals surface area contributed by atoms with Gasteiger partial charge in [0.2, 0.25) is 0 Å². The molecule has 7 nitrogen and oxygen atoms in total. The number of morpholine rings is 1. The molecule has 158 valence electrons. The maximum Gasteiger partial charge on any atom is 0.199 e. The normalized spacial score (nSPS) is 25.4. The molecule has 0 amide bonds. The number of aromatic nitrogens is 3. The lowest BCUT2D eigenvalue weighted by atomic mass is 10.2. The summed E-state index contributed by atoms with van der Waals surface area (Å²) in [6.07, 6.45) is 2.78. The van der Waals surface area contributed by atoms with E-state index in [0.29, 0.717) is 6.67 Å². The van der Waals surface area contributed by atoms with E-state index in [1.54, 1.807) is 7.11 Å². The van der Waals surface area contributed by atoms with E-state index < -0.39 is 0 Å². The van der Waals surface area contributed by atoms with Gasteiger partial charge in [0, 0.05) is 25.3 Å². The highest BCUT2D eigenvalue weighted by Crippen LogP contribution is 2.24. The highest BCUT2D eigenvalue weighted by Gasteiger charge is 2.25. The van der Waals surface area contributed by atoms with E-state index in [4.69, 9.17) is 31.5 Å². The summed E-state index contributed by atoms with van der Waals surface area (Å²) in [4.78, 5) is 2.36. The van der Waals surface area contributed by atoms with Crippen molar-refractivity contribution in [2.45, 2.75) is 58.2 Å². The van der Waals surface area contributed by atoms with Crippen molar-refractivity contribution in [3.05, 3.63) is 29.0 Å². The quantitative estimate of drug-likeness (QED) is 0.671. The summed E-state index contributed by atoms with van der Waals surface area (Å²) >= 11 is 5.85. The minimum Gasteiger partial charge on any atom is -0.497 e. The Morgan fingerprint density at radius 1 is 1.17 bits per heavy atom. The molecule has 0 aliphatic carbocycles. The molecule has 4 rings (SSSR count). The van der Waals surface area contributed by atoms with Gasteiger partial charge in [-0.25, -0.2) is 4.68 Å². The third kappa shape index (κ3) is 4.71. The summed E-state index contributed by atoms with van der Waals surface area (Å²) in [5.74, 6) is 1.70. The molecule has 3 atom stereocenters. The monoisotopic (exact) mass is 418 g/mol. The van der Waals surface area contributed by atoms with Crippen LogP contribution >= 0.6 is 12.2 Å². The molecular formula is C21H30N4O3S. The standard InChI is InChI=1S/C21H30N4O3S/c1-15-11-23(12-16(2)28-15)14-25-21(29)24(13-19-5-4-10-27-19)20(22-25)17-6-8-18(26-3)9-7-17/h6-9,15-16,19H,4-5,10-14H2,1-3H3/t15-,16-,19+/m0/s1. The van der Waals surface area contributed by atoms with E-state index in [1.807, 2.05) is 28.9 Å². The second-order valence-corrected chi connectivity index (χ2v) is 8.38. The lowest BCUT2D eigenvalue weighted by Crippen LogP contribution is -2.46. The van der Waals surface area contributed by atoms with E-state index in [2.05, 4.69) is 23.3 Å². The fraction of sp³-hybridized carbons (Fsp3) is 0.619. The predicted molar refractivity (Wildman–Crippen MR) is 114 cm³/mol. The molecule has 2 aliphatic rings. The molecule has 0 spiro atoms. The molecule has 0 saturated carbocycles. The number of rotatable bonds is 6. The van der Waals surface area contributed by atoms with Crippen LogP contribution in [0.25, 0.3) is 11.4 Å². The molecule has 2 aromatic rings. The number of benzene rings is 1. The molecule has 0 radical (unpaired) electrons. The van der Waals surface area contributed by atoms with Crippen LogP contribution in [0.2, 0.25) is 0 Å². The Labute approximate surface area is 177 Å². The SMILES string of the molecule is COc1ccc(-c2nn(CN3C[C@H](C)O[C@@H](C)C3)c(=S)n2C[C@H]2CCCO2)cc1. The van der Waals surface area contributed by atoms with Gasteiger partial charge in [-0.15, -0.1) is 0 Å². The maximum absolute atomic E-state index is 5.88. The summed E-state index contributed by atoms with van der Waals surface area (Å²) in [5.41, 5.74) is 1.03. The molecule has 0 unspecified atom stereocenters. The zero-order chi connectivity index (χ0) is 20.4. The highest BCUT2D eigenvalue weighted by molar-refractivity contribution is 7.71. The highest BCUT2D eigenvalue weighted by atomic mass is 32.1. The average molecular weight is 419 g/mol. The van der Waals surface area contributed by atoms with E-state index >= 15 is 0 Å². The molecule has 0 bridgehead atoms. The van der Waals surface area contributed by atoms with E-state index in [9.17, 15) is 0 Å². The third-order valence-electron chi connectivity index (χ3n) is 5.51. The van der Waals surface area contributed by atoms with E-state index in [-0.39, 0.29) is 18.3 Å². The molecular weight excluding hydrogens is 388 g/mol. The van der Waals surface area contributed by atoms with Crippen molar-refractivity contribution in [2.75, 3.05) is 26.8 Å². The van der Waals surface area contributed by atoms with Crippen molar-refractivity contribution < 1.29 is 14.2 Å². The second-order valence-electron chi connectivity index (χ2n) is 8.01.